The largest absolute Gasteiger partial charge is 0.350 e. The van der Waals surface area contributed by atoms with Gasteiger partial charge in [-0.25, -0.2) is 0 Å². The van der Waals surface area contributed by atoms with E-state index >= 15 is 0 Å². The van der Waals surface area contributed by atoms with Gasteiger partial charge in [0.05, 0.1) is 27.8 Å². The molecule has 0 atom stereocenters. The molecule has 11 rings (SSSR count). The van der Waals surface area contributed by atoms with Gasteiger partial charge in [-0.3, -0.25) is 57.9 Å². The maximum atomic E-state index is 12.4. The number of nitrogens with one attached hydrogen (secondary N) is 1. The SMILES string of the molecule is C.CC.CC.CC.CC.CC.CC(=O)c1ccccc1C(=O)NC(C)C.CC(C)N1C(=O)c2cc3ccccc3cc2C1=O.CC(C)N1C(=O)c2cccc3cccc(c23)C1=O.CC(C)N1C(=O)c2ccccc2C1=O.CC(C)N1Cc2ccccc2C1=O. The number of rotatable bonds is 7. The third-order valence-electron chi connectivity index (χ3n) is 13.4. The van der Waals surface area contributed by atoms with Gasteiger partial charge in [0.15, 0.2) is 5.78 Å². The average Bonchev–Trinajstić information content (AvgIpc) is 1.37. The molecule has 1 N–H and O–H groups in total. The smallest absolute Gasteiger partial charge is 0.261 e. The first-order valence-corrected chi connectivity index (χ1v) is 31.1. The van der Waals surface area contributed by atoms with Crippen LogP contribution >= 0.6 is 0 Å². The van der Waals surface area contributed by atoms with Crippen LogP contribution in [0.4, 0.5) is 0 Å². The lowest BCUT2D eigenvalue weighted by molar-refractivity contribution is 0.0555. The van der Waals surface area contributed by atoms with Gasteiger partial charge in [-0.2, -0.15) is 0 Å². The Kier molecular flexibility index (Phi) is 33.1. The van der Waals surface area contributed by atoms with Gasteiger partial charge in [0.2, 0.25) is 0 Å². The number of amides is 8. The van der Waals surface area contributed by atoms with Crippen molar-refractivity contribution in [1.82, 2.24) is 24.9 Å². The molecule has 4 aliphatic heterocycles. The monoisotopic (exact) mass is 1210 g/mol. The lowest BCUT2D eigenvalue weighted by Crippen LogP contribution is -2.44. The number of nitrogens with zero attached hydrogens (tertiary/aromatic N) is 4. The molecule has 0 radical (unpaired) electrons. The summed E-state index contributed by atoms with van der Waals surface area (Å²) in [6.45, 7) is 41.2. The van der Waals surface area contributed by atoms with Crippen molar-refractivity contribution in [3.8, 4) is 0 Å². The molecular weight excluding hydrogens is 1110 g/mol. The third kappa shape index (κ3) is 18.6. The zero-order valence-corrected chi connectivity index (χ0v) is 55.9. The van der Waals surface area contributed by atoms with Crippen molar-refractivity contribution in [1.29, 1.82) is 0 Å². The van der Waals surface area contributed by atoms with Crippen LogP contribution in [-0.2, 0) is 6.54 Å². The van der Waals surface area contributed by atoms with Crippen LogP contribution in [0.25, 0.3) is 21.5 Å². The molecule has 0 spiro atoms. The van der Waals surface area contributed by atoms with Crippen LogP contribution in [0, 0.1) is 0 Å². The summed E-state index contributed by atoms with van der Waals surface area (Å²) < 4.78 is 0. The number of ketones is 1. The molecule has 0 bridgehead atoms. The number of Topliss-reactive ketones (excluding diaryl/α,β-unsaturated/α-hetero) is 1. The fraction of sp³-hybridized carbons (Fsp3) is 0.373. The van der Waals surface area contributed by atoms with Crippen LogP contribution in [-0.4, -0.2) is 103 Å². The van der Waals surface area contributed by atoms with Crippen molar-refractivity contribution in [2.75, 3.05) is 0 Å². The number of imide groups is 3. The molecule has 0 saturated heterocycles. The van der Waals surface area contributed by atoms with E-state index in [1.807, 2.05) is 228 Å². The maximum absolute atomic E-state index is 12.4. The summed E-state index contributed by atoms with van der Waals surface area (Å²) in [6.07, 6.45) is 0. The Labute approximate surface area is 531 Å². The summed E-state index contributed by atoms with van der Waals surface area (Å²) in [5.41, 5.74) is 6.26. The van der Waals surface area contributed by atoms with Gasteiger partial charge in [0.25, 0.3) is 47.3 Å². The van der Waals surface area contributed by atoms with Crippen LogP contribution in [0.3, 0.4) is 0 Å². The van der Waals surface area contributed by atoms with Crippen molar-refractivity contribution < 1.29 is 43.2 Å². The Morgan fingerprint density at radius 3 is 1.03 bits per heavy atom. The molecule has 0 aliphatic carbocycles. The maximum Gasteiger partial charge on any atom is 0.261 e. The van der Waals surface area contributed by atoms with E-state index in [0.29, 0.717) is 50.5 Å². The summed E-state index contributed by atoms with van der Waals surface area (Å²) in [5, 5.41) is 6.47. The second-order valence-corrected chi connectivity index (χ2v) is 20.6. The predicted octanol–water partition coefficient (Wildman–Crippen LogP) is 17.2. The fourth-order valence-electron chi connectivity index (χ4n) is 9.63. The summed E-state index contributed by atoms with van der Waals surface area (Å²) in [6, 6.07) is 44.1. The van der Waals surface area contributed by atoms with Crippen LogP contribution in [0.5, 0.6) is 0 Å². The second kappa shape index (κ2) is 37.7. The number of carbonyl (C=O) groups excluding carboxylic acids is 9. The lowest BCUT2D eigenvalue weighted by atomic mass is 9.93. The molecule has 478 valence electrons. The Balaban J connectivity index is 0.000000537. The van der Waals surface area contributed by atoms with Gasteiger partial charge in [-0.15, -0.1) is 0 Å². The molecule has 0 unspecified atom stereocenters. The van der Waals surface area contributed by atoms with Crippen molar-refractivity contribution in [3.63, 3.8) is 0 Å². The van der Waals surface area contributed by atoms with E-state index in [9.17, 15) is 43.2 Å². The van der Waals surface area contributed by atoms with Crippen LogP contribution in [0.2, 0.25) is 0 Å². The zero-order valence-electron chi connectivity index (χ0n) is 55.9. The molecule has 0 saturated carbocycles. The molecule has 7 aromatic rings. The predicted molar refractivity (Wildman–Crippen MR) is 365 cm³/mol. The van der Waals surface area contributed by atoms with Gasteiger partial charge in [0, 0.05) is 64.4 Å². The van der Waals surface area contributed by atoms with E-state index in [1.54, 1.807) is 60.7 Å². The first-order valence-electron chi connectivity index (χ1n) is 31.1. The van der Waals surface area contributed by atoms with Crippen LogP contribution in [0.1, 0.15) is 252 Å². The second-order valence-electron chi connectivity index (χ2n) is 20.6. The first kappa shape index (κ1) is 78.1. The molecule has 4 aliphatic rings. The van der Waals surface area contributed by atoms with Crippen molar-refractivity contribution in [3.05, 3.63) is 201 Å². The molecule has 89 heavy (non-hydrogen) atoms. The molecule has 14 heteroatoms. The minimum absolute atomic E-state index is 0. The first-order chi connectivity index (χ1) is 42.0. The molecule has 4 heterocycles. The quantitative estimate of drug-likeness (QED) is 0.120. The van der Waals surface area contributed by atoms with E-state index < -0.39 is 0 Å². The number of benzene rings is 7. The Morgan fingerprint density at radius 1 is 0.360 bits per heavy atom. The van der Waals surface area contributed by atoms with Crippen LogP contribution in [0.15, 0.2) is 146 Å². The molecule has 8 amide bonds. The molecule has 14 nitrogen and oxygen atoms in total. The molecular formula is C75H99N5O9. The van der Waals surface area contributed by atoms with E-state index in [2.05, 4.69) is 5.32 Å². The van der Waals surface area contributed by atoms with Crippen molar-refractivity contribution in [2.45, 2.75) is 190 Å². The number of hydrogen-bond donors (Lipinski definition) is 1. The highest BCUT2D eigenvalue weighted by Gasteiger charge is 2.39. The standard InChI is InChI=1S/2C15H13NO2.C12H15NO2.C11H11NO2.C11H13NO.5C2H6.CH4/c1-9(2)16-14(17)11-7-3-5-10-6-4-8-12(13(10)11)15(16)18;1-9(2)16-14(17)12-7-10-5-3-4-6-11(10)8-13(12)15(16)18;1-8(2)13-12(15)11-7-5-4-6-10(11)9(3)14;1-7(2)12-10(13)8-5-3-4-6-9(8)11(12)14;1-8(2)12-7-9-5-3-4-6-10(9)11(12)13;5*1-2;/h2*3-9H,1-2H3;4-8H,1-3H3,(H,13,15);3-7H,1-2H3;3-6,8H,7H2,1-2H3;5*1-2H3;1H4. The number of hydrogen-bond acceptors (Lipinski definition) is 9. The van der Waals surface area contributed by atoms with Gasteiger partial charge >= 0.3 is 0 Å². The Morgan fingerprint density at radius 2 is 0.674 bits per heavy atom. The highest BCUT2D eigenvalue weighted by Crippen LogP contribution is 2.32. The molecule has 0 aromatic heterocycles. The minimum atomic E-state index is -0.198. The minimum Gasteiger partial charge on any atom is -0.350 e. The van der Waals surface area contributed by atoms with E-state index in [1.165, 1.54) is 21.6 Å². The van der Waals surface area contributed by atoms with Crippen molar-refractivity contribution in [2.24, 2.45) is 0 Å². The van der Waals surface area contributed by atoms with E-state index in [-0.39, 0.29) is 84.6 Å². The van der Waals surface area contributed by atoms with Crippen LogP contribution < -0.4 is 5.32 Å². The van der Waals surface area contributed by atoms with Crippen molar-refractivity contribution >= 4 is 74.6 Å². The number of fused-ring (bicyclic) bond motifs is 4. The Hall–Kier alpha value is -8.91. The fourth-order valence-corrected chi connectivity index (χ4v) is 9.63. The number of carbonyl (C=O) groups is 9. The summed E-state index contributed by atoms with van der Waals surface area (Å²) in [4.78, 5) is 113. The zero-order chi connectivity index (χ0) is 66.9. The topological polar surface area (TPSA) is 179 Å². The normalized spacial score (nSPS) is 12.6. The van der Waals surface area contributed by atoms with Gasteiger partial charge in [-0.1, -0.05) is 174 Å². The average molecular weight is 1210 g/mol. The highest BCUT2D eigenvalue weighted by atomic mass is 16.2. The summed E-state index contributed by atoms with van der Waals surface area (Å²) >= 11 is 0. The van der Waals surface area contributed by atoms with Gasteiger partial charge in [0.1, 0.15) is 0 Å². The van der Waals surface area contributed by atoms with E-state index in [0.717, 1.165) is 39.2 Å². The lowest BCUT2D eigenvalue weighted by Gasteiger charge is -2.30. The van der Waals surface area contributed by atoms with E-state index in [4.69, 9.17) is 0 Å². The highest BCUT2D eigenvalue weighted by molar-refractivity contribution is 6.26. The molecule has 7 aromatic carbocycles. The Bertz CT molecular complexity index is 3400. The summed E-state index contributed by atoms with van der Waals surface area (Å²) in [5.74, 6) is -1.24. The molecule has 0 fully saturated rings. The summed E-state index contributed by atoms with van der Waals surface area (Å²) in [7, 11) is 0. The third-order valence-corrected chi connectivity index (χ3v) is 13.4. The van der Waals surface area contributed by atoms with Gasteiger partial charge < -0.3 is 10.2 Å². The van der Waals surface area contributed by atoms with Gasteiger partial charge in [-0.05, 0) is 146 Å².